The number of rotatable bonds is 7. The molecule has 0 aliphatic heterocycles. The highest BCUT2D eigenvalue weighted by molar-refractivity contribution is 5.92. The second kappa shape index (κ2) is 7.80. The van der Waals surface area contributed by atoms with Crippen LogP contribution in [0.3, 0.4) is 0 Å². The Kier molecular flexibility index (Phi) is 5.75. The second-order valence-corrected chi connectivity index (χ2v) is 4.96. The van der Waals surface area contributed by atoms with Gasteiger partial charge in [-0.2, -0.15) is 13.9 Å². The molecule has 0 aliphatic rings. The van der Waals surface area contributed by atoms with E-state index in [2.05, 4.69) is 15.2 Å². The van der Waals surface area contributed by atoms with Crippen LogP contribution in [0.15, 0.2) is 24.3 Å². The minimum absolute atomic E-state index is 0.0776. The minimum Gasteiger partial charge on any atom is -0.433 e. The molecular formula is C14H12F4N4O4. The monoisotopic (exact) mass is 376 g/mol. The number of anilines is 1. The van der Waals surface area contributed by atoms with Crippen molar-refractivity contribution in [1.82, 2.24) is 9.78 Å². The molecule has 0 saturated carbocycles. The van der Waals surface area contributed by atoms with Crippen LogP contribution in [0.5, 0.6) is 5.75 Å². The molecule has 8 nitrogen and oxygen atoms in total. The number of hydrogen-bond acceptors (Lipinski definition) is 5. The van der Waals surface area contributed by atoms with Crippen molar-refractivity contribution in [1.29, 1.82) is 0 Å². The summed E-state index contributed by atoms with van der Waals surface area (Å²) in [5.74, 6) is -1.12. The molecule has 1 amide bonds. The van der Waals surface area contributed by atoms with Crippen LogP contribution in [0.25, 0.3) is 0 Å². The number of ether oxygens (including phenoxy) is 1. The van der Waals surface area contributed by atoms with Crippen LogP contribution in [-0.2, 0) is 11.3 Å². The molecule has 0 radical (unpaired) electrons. The maximum Gasteiger partial charge on any atom is 0.387 e. The van der Waals surface area contributed by atoms with Crippen LogP contribution in [-0.4, -0.2) is 27.2 Å². The van der Waals surface area contributed by atoms with E-state index in [9.17, 15) is 32.5 Å². The molecule has 1 N–H and O–H groups in total. The highest BCUT2D eigenvalue weighted by atomic mass is 19.3. The van der Waals surface area contributed by atoms with Crippen LogP contribution < -0.4 is 10.1 Å². The first-order valence-electron chi connectivity index (χ1n) is 7.04. The quantitative estimate of drug-likeness (QED) is 0.454. The molecule has 0 atom stereocenters. The van der Waals surface area contributed by atoms with E-state index in [0.29, 0.717) is 0 Å². The van der Waals surface area contributed by atoms with Gasteiger partial charge in [0.05, 0.1) is 10.6 Å². The normalized spacial score (nSPS) is 11.0. The molecule has 1 aromatic heterocycles. The predicted octanol–water partition coefficient (Wildman–Crippen LogP) is 3.28. The first-order valence-corrected chi connectivity index (χ1v) is 7.04. The maximum absolute atomic E-state index is 12.9. The number of aromatic nitrogens is 2. The molecule has 12 heteroatoms. The van der Waals surface area contributed by atoms with Crippen LogP contribution in [0.2, 0.25) is 0 Å². The number of halogens is 4. The van der Waals surface area contributed by atoms with Gasteiger partial charge in [-0.3, -0.25) is 19.6 Å². The van der Waals surface area contributed by atoms with Crippen LogP contribution >= 0.6 is 0 Å². The number of nitro groups is 1. The van der Waals surface area contributed by atoms with Gasteiger partial charge in [0.15, 0.2) is 0 Å². The Bertz CT molecular complexity index is 825. The van der Waals surface area contributed by atoms with Crippen molar-refractivity contribution < 1.29 is 32.0 Å². The Morgan fingerprint density at radius 2 is 2.00 bits per heavy atom. The molecular weight excluding hydrogens is 364 g/mol. The molecule has 2 aromatic rings. The molecule has 1 heterocycles. The lowest BCUT2D eigenvalue weighted by atomic mass is 10.3. The summed E-state index contributed by atoms with van der Waals surface area (Å²) in [6.45, 7) is -2.58. The van der Waals surface area contributed by atoms with Crippen molar-refractivity contribution in [3.05, 3.63) is 45.8 Å². The van der Waals surface area contributed by atoms with E-state index in [1.54, 1.807) is 0 Å². The molecule has 26 heavy (non-hydrogen) atoms. The highest BCUT2D eigenvalue weighted by Crippen LogP contribution is 2.31. The third-order valence-electron chi connectivity index (χ3n) is 3.26. The lowest BCUT2D eigenvalue weighted by Crippen LogP contribution is -2.21. The lowest BCUT2D eigenvalue weighted by molar-refractivity contribution is -0.386. The third-order valence-corrected chi connectivity index (χ3v) is 3.26. The number of carbonyl (C=O) groups excluding carboxylic acids is 1. The van der Waals surface area contributed by atoms with Crippen molar-refractivity contribution in [2.24, 2.45) is 0 Å². The molecule has 0 spiro atoms. The van der Waals surface area contributed by atoms with Gasteiger partial charge in [0.1, 0.15) is 18.0 Å². The van der Waals surface area contributed by atoms with Gasteiger partial charge in [-0.15, -0.1) is 0 Å². The highest BCUT2D eigenvalue weighted by Gasteiger charge is 2.31. The summed E-state index contributed by atoms with van der Waals surface area (Å²) < 4.78 is 55.4. The van der Waals surface area contributed by atoms with Crippen molar-refractivity contribution >= 4 is 17.3 Å². The minimum atomic E-state index is -3.20. The SMILES string of the molecule is Cc1c([N+](=O)[O-])c(C(F)F)nn1CC(=O)Nc1ccccc1OC(F)F. The average molecular weight is 376 g/mol. The molecule has 0 unspecified atom stereocenters. The third kappa shape index (κ3) is 4.26. The first-order chi connectivity index (χ1) is 12.2. The summed E-state index contributed by atoms with van der Waals surface area (Å²) in [5, 5.41) is 16.6. The zero-order chi connectivity index (χ0) is 19.4. The van der Waals surface area contributed by atoms with Crippen molar-refractivity contribution in [2.75, 3.05) is 5.32 Å². The summed E-state index contributed by atoms with van der Waals surface area (Å²) in [6, 6.07) is 5.34. The Hall–Kier alpha value is -3.18. The summed E-state index contributed by atoms with van der Waals surface area (Å²) in [4.78, 5) is 22.0. The van der Waals surface area contributed by atoms with Crippen LogP contribution in [0.1, 0.15) is 17.8 Å². The fourth-order valence-corrected chi connectivity index (χ4v) is 2.18. The number of carbonyl (C=O) groups is 1. The summed E-state index contributed by atoms with van der Waals surface area (Å²) in [6.07, 6.45) is -3.20. The van der Waals surface area contributed by atoms with Gasteiger partial charge in [0.25, 0.3) is 6.43 Å². The predicted molar refractivity (Wildman–Crippen MR) is 80.3 cm³/mol. The van der Waals surface area contributed by atoms with Gasteiger partial charge < -0.3 is 10.1 Å². The molecule has 0 fully saturated rings. The number of alkyl halides is 4. The number of nitrogens with zero attached hydrogens (tertiary/aromatic N) is 3. The van der Waals surface area contributed by atoms with E-state index >= 15 is 0 Å². The van der Waals surface area contributed by atoms with Gasteiger partial charge in [-0.25, -0.2) is 8.78 Å². The Labute approximate surface area is 143 Å². The van der Waals surface area contributed by atoms with Crippen molar-refractivity contribution in [2.45, 2.75) is 26.5 Å². The number of nitrogens with one attached hydrogen (secondary N) is 1. The average Bonchev–Trinajstić information content (AvgIpc) is 2.86. The van der Waals surface area contributed by atoms with E-state index in [1.807, 2.05) is 0 Å². The van der Waals surface area contributed by atoms with E-state index < -0.39 is 41.8 Å². The van der Waals surface area contributed by atoms with E-state index in [1.165, 1.54) is 24.3 Å². The van der Waals surface area contributed by atoms with Gasteiger partial charge in [0, 0.05) is 0 Å². The molecule has 0 aliphatic carbocycles. The Morgan fingerprint density at radius 3 is 2.54 bits per heavy atom. The summed E-state index contributed by atoms with van der Waals surface area (Å²) >= 11 is 0. The molecule has 1 aromatic carbocycles. The van der Waals surface area contributed by atoms with Crippen LogP contribution in [0.4, 0.5) is 28.9 Å². The number of amides is 1. The smallest absolute Gasteiger partial charge is 0.387 e. The lowest BCUT2D eigenvalue weighted by Gasteiger charge is -2.11. The van der Waals surface area contributed by atoms with E-state index in [0.717, 1.165) is 11.6 Å². The summed E-state index contributed by atoms with van der Waals surface area (Å²) in [7, 11) is 0. The topological polar surface area (TPSA) is 99.3 Å². The van der Waals surface area contributed by atoms with Crippen molar-refractivity contribution in [3.8, 4) is 5.75 Å². The molecule has 2 rings (SSSR count). The largest absolute Gasteiger partial charge is 0.433 e. The van der Waals surface area contributed by atoms with Gasteiger partial charge in [-0.1, -0.05) is 12.1 Å². The van der Waals surface area contributed by atoms with Gasteiger partial charge in [-0.05, 0) is 19.1 Å². The molecule has 0 bridgehead atoms. The summed E-state index contributed by atoms with van der Waals surface area (Å²) in [5.41, 5.74) is -2.25. The molecule has 140 valence electrons. The van der Waals surface area contributed by atoms with Crippen molar-refractivity contribution in [3.63, 3.8) is 0 Å². The molecule has 0 saturated heterocycles. The second-order valence-electron chi connectivity index (χ2n) is 4.96. The van der Waals surface area contributed by atoms with Gasteiger partial charge >= 0.3 is 12.3 Å². The number of hydrogen-bond donors (Lipinski definition) is 1. The fraction of sp³-hybridized carbons (Fsp3) is 0.286. The maximum atomic E-state index is 12.9. The van der Waals surface area contributed by atoms with E-state index in [4.69, 9.17) is 0 Å². The van der Waals surface area contributed by atoms with E-state index in [-0.39, 0.29) is 17.1 Å². The van der Waals surface area contributed by atoms with Gasteiger partial charge in [0.2, 0.25) is 11.6 Å². The first kappa shape index (κ1) is 19.1. The van der Waals surface area contributed by atoms with Crippen LogP contribution in [0, 0.1) is 17.0 Å². The Morgan fingerprint density at radius 1 is 1.35 bits per heavy atom. The Balaban J connectivity index is 2.22. The zero-order valence-corrected chi connectivity index (χ0v) is 13.2. The zero-order valence-electron chi connectivity index (χ0n) is 13.2. The standard InChI is InChI=1S/C14H12F4N4O4/c1-7-12(22(24)25)11(13(15)16)20-21(7)6-10(23)19-8-4-2-3-5-9(8)26-14(17)18/h2-5,13-14H,6H2,1H3,(H,19,23). The fourth-order valence-electron chi connectivity index (χ4n) is 2.18. The number of para-hydroxylation sites is 2. The number of benzene rings is 1.